The summed E-state index contributed by atoms with van der Waals surface area (Å²) < 4.78 is 6.54. The lowest BCUT2D eigenvalue weighted by atomic mass is 9.84. The van der Waals surface area contributed by atoms with Crippen molar-refractivity contribution >= 4 is 50.4 Å². The highest BCUT2D eigenvalue weighted by atomic mass is 16.3. The summed E-state index contributed by atoms with van der Waals surface area (Å²) in [6.07, 6.45) is 0.823. The summed E-state index contributed by atoms with van der Waals surface area (Å²) >= 11 is 0. The van der Waals surface area contributed by atoms with Crippen LogP contribution in [0.5, 0.6) is 0 Å². The molecule has 8 aromatic carbocycles. The fourth-order valence-corrected chi connectivity index (χ4v) is 9.15. The highest BCUT2D eigenvalue weighted by Gasteiger charge is 2.40. The molecule has 0 fully saturated rings. The normalized spacial score (nSPS) is 14.5. The van der Waals surface area contributed by atoms with Crippen molar-refractivity contribution in [3.8, 4) is 45.3 Å². The maximum absolute atomic E-state index is 6.54. The van der Waals surface area contributed by atoms with Crippen molar-refractivity contribution in [3.63, 3.8) is 0 Å². The molecule has 0 N–H and O–H groups in total. The van der Waals surface area contributed by atoms with Gasteiger partial charge in [0.25, 0.3) is 0 Å². The number of anilines is 2. The smallest absolute Gasteiger partial charge is 0.164 e. The second-order valence-electron chi connectivity index (χ2n) is 15.8. The Labute approximate surface area is 358 Å². The molecule has 4 heterocycles. The van der Waals surface area contributed by atoms with Crippen LogP contribution in [0.3, 0.4) is 0 Å². The Balaban J connectivity index is 1.01. The summed E-state index contributed by atoms with van der Waals surface area (Å²) in [5, 5.41) is 1.97. The zero-order valence-corrected chi connectivity index (χ0v) is 33.6. The van der Waals surface area contributed by atoms with Crippen LogP contribution in [0.1, 0.15) is 29.0 Å². The van der Waals surface area contributed by atoms with Gasteiger partial charge >= 0.3 is 0 Å². The van der Waals surface area contributed by atoms with Gasteiger partial charge in [-0.1, -0.05) is 164 Å². The number of nitrogens with zero attached hydrogens (tertiary/aromatic N) is 5. The van der Waals surface area contributed by atoms with E-state index in [0.29, 0.717) is 17.5 Å². The average Bonchev–Trinajstić information content (AvgIpc) is 3.89. The molecule has 0 amide bonds. The topological polar surface area (TPSA) is 67.4 Å². The minimum absolute atomic E-state index is 0.0550. The summed E-state index contributed by atoms with van der Waals surface area (Å²) in [5.74, 6) is 2.93. The first-order valence-corrected chi connectivity index (χ1v) is 21.0. The maximum atomic E-state index is 6.54. The van der Waals surface area contributed by atoms with Gasteiger partial charge in [-0.15, -0.1) is 0 Å². The van der Waals surface area contributed by atoms with Crippen molar-refractivity contribution in [3.05, 3.63) is 223 Å². The minimum atomic E-state index is 0.0550. The standard InChI is InChI=1S/C56H37N5O/c1-6-17-36(18-7-1)44-35-46-45-33-40(29-31-48(45)61(42-25-14-5-15-26-42)56(46)57-52(44)37-19-8-2-9-20-37)41-30-32-49-47(34-41)51-43(27-16-28-50(51)62-49)55-59-53(38-21-10-3-11-22-38)58-54(60-55)39-23-12-4-13-24-39/h1-34,46H,35H2. The number of para-hydroxylation sites is 1. The molecular formula is C56H37N5O. The van der Waals surface area contributed by atoms with Crippen LogP contribution in [0.15, 0.2) is 216 Å². The molecular weight excluding hydrogens is 759 g/mol. The molecule has 0 saturated heterocycles. The molecule has 2 aromatic heterocycles. The number of hydrogen-bond donors (Lipinski definition) is 0. The fourth-order valence-electron chi connectivity index (χ4n) is 9.15. The van der Waals surface area contributed by atoms with E-state index in [1.165, 1.54) is 16.7 Å². The van der Waals surface area contributed by atoms with Crippen LogP contribution in [0.4, 0.5) is 11.4 Å². The molecule has 62 heavy (non-hydrogen) atoms. The van der Waals surface area contributed by atoms with E-state index in [1.807, 2.05) is 72.8 Å². The molecule has 2 aliphatic heterocycles. The molecule has 0 saturated carbocycles. The second kappa shape index (κ2) is 14.8. The molecule has 1 unspecified atom stereocenters. The Morgan fingerprint density at radius 1 is 0.452 bits per heavy atom. The van der Waals surface area contributed by atoms with E-state index in [1.54, 1.807) is 0 Å². The largest absolute Gasteiger partial charge is 0.456 e. The molecule has 10 aromatic rings. The van der Waals surface area contributed by atoms with E-state index in [9.17, 15) is 0 Å². The monoisotopic (exact) mass is 795 g/mol. The van der Waals surface area contributed by atoms with Crippen molar-refractivity contribution in [2.24, 2.45) is 4.99 Å². The van der Waals surface area contributed by atoms with Crippen molar-refractivity contribution in [1.82, 2.24) is 15.0 Å². The quantitative estimate of drug-likeness (QED) is 0.161. The number of allylic oxidation sites excluding steroid dienone is 1. The van der Waals surface area contributed by atoms with Gasteiger partial charge in [-0.05, 0) is 76.7 Å². The zero-order valence-electron chi connectivity index (χ0n) is 33.6. The van der Waals surface area contributed by atoms with E-state index < -0.39 is 0 Å². The summed E-state index contributed by atoms with van der Waals surface area (Å²) in [5.41, 5.74) is 14.7. The molecule has 292 valence electrons. The molecule has 0 bridgehead atoms. The van der Waals surface area contributed by atoms with Gasteiger partial charge in [-0.2, -0.15) is 0 Å². The molecule has 2 aliphatic rings. The van der Waals surface area contributed by atoms with E-state index in [-0.39, 0.29) is 5.92 Å². The van der Waals surface area contributed by atoms with Gasteiger partial charge in [0.15, 0.2) is 17.5 Å². The predicted octanol–water partition coefficient (Wildman–Crippen LogP) is 14.0. The first kappa shape index (κ1) is 35.7. The lowest BCUT2D eigenvalue weighted by Gasteiger charge is -2.28. The number of amidine groups is 1. The Hall–Kier alpha value is -8.22. The number of furan rings is 1. The highest BCUT2D eigenvalue weighted by Crippen LogP contribution is 2.52. The molecule has 0 spiro atoms. The second-order valence-corrected chi connectivity index (χ2v) is 15.8. The van der Waals surface area contributed by atoms with Crippen molar-refractivity contribution < 1.29 is 4.42 Å². The number of benzene rings is 8. The maximum Gasteiger partial charge on any atom is 0.164 e. The van der Waals surface area contributed by atoms with Crippen molar-refractivity contribution in [2.45, 2.75) is 12.3 Å². The van der Waals surface area contributed by atoms with E-state index >= 15 is 0 Å². The van der Waals surface area contributed by atoms with E-state index in [2.05, 4.69) is 138 Å². The predicted molar refractivity (Wildman–Crippen MR) is 252 cm³/mol. The van der Waals surface area contributed by atoms with Gasteiger partial charge in [-0.25, -0.2) is 19.9 Å². The van der Waals surface area contributed by atoms with E-state index in [0.717, 1.165) is 84.6 Å². The lowest BCUT2D eigenvalue weighted by molar-refractivity contribution is 0.669. The third-order valence-corrected chi connectivity index (χ3v) is 12.1. The minimum Gasteiger partial charge on any atom is -0.456 e. The molecule has 0 radical (unpaired) electrons. The third-order valence-electron chi connectivity index (χ3n) is 12.1. The summed E-state index contributed by atoms with van der Waals surface area (Å²) in [7, 11) is 0. The van der Waals surface area contributed by atoms with Crippen molar-refractivity contribution in [1.29, 1.82) is 0 Å². The van der Waals surface area contributed by atoms with Gasteiger partial charge in [0, 0.05) is 44.6 Å². The van der Waals surface area contributed by atoms with E-state index in [4.69, 9.17) is 24.4 Å². The van der Waals surface area contributed by atoms with Gasteiger partial charge in [-0.3, -0.25) is 4.90 Å². The Kier molecular flexibility index (Phi) is 8.52. The van der Waals surface area contributed by atoms with Crippen LogP contribution in [0.25, 0.3) is 78.5 Å². The lowest BCUT2D eigenvalue weighted by Crippen LogP contribution is -2.26. The number of fused-ring (bicyclic) bond motifs is 6. The fraction of sp³-hybridized carbons (Fsp3) is 0.0357. The first-order valence-electron chi connectivity index (χ1n) is 21.0. The number of hydrogen-bond acceptors (Lipinski definition) is 6. The molecule has 12 rings (SSSR count). The number of aliphatic imine (C=N–C) groups is 1. The Morgan fingerprint density at radius 2 is 1.02 bits per heavy atom. The molecule has 6 heteroatoms. The Morgan fingerprint density at radius 3 is 1.68 bits per heavy atom. The van der Waals surface area contributed by atoms with Gasteiger partial charge in [0.1, 0.15) is 17.0 Å². The summed E-state index contributed by atoms with van der Waals surface area (Å²) in [6.45, 7) is 0. The molecule has 1 atom stereocenters. The van der Waals surface area contributed by atoms with Crippen molar-refractivity contribution in [2.75, 3.05) is 4.90 Å². The highest BCUT2D eigenvalue weighted by molar-refractivity contribution is 6.19. The number of rotatable bonds is 7. The van der Waals surface area contributed by atoms with Crippen LogP contribution in [-0.4, -0.2) is 20.8 Å². The van der Waals surface area contributed by atoms with Crippen LogP contribution in [-0.2, 0) is 0 Å². The zero-order chi connectivity index (χ0) is 41.0. The van der Waals surface area contributed by atoms with Crippen LogP contribution in [0.2, 0.25) is 0 Å². The summed E-state index contributed by atoms with van der Waals surface area (Å²) in [6, 6.07) is 71.6. The van der Waals surface area contributed by atoms with Crippen LogP contribution >= 0.6 is 0 Å². The van der Waals surface area contributed by atoms with Gasteiger partial charge < -0.3 is 4.42 Å². The summed E-state index contributed by atoms with van der Waals surface area (Å²) in [4.78, 5) is 23.1. The third kappa shape index (κ3) is 6.11. The van der Waals surface area contributed by atoms with Gasteiger partial charge in [0.05, 0.1) is 11.4 Å². The SMILES string of the molecule is c1ccc(C2=C(c3ccccc3)N=C3C(C2)c2cc(-c4ccc5oc6cccc(-c7nc(-c8ccccc8)nc(-c8ccccc8)n7)c6c5c4)ccc2N3c2ccccc2)cc1. The Bertz CT molecular complexity index is 3310. The number of aromatic nitrogens is 3. The van der Waals surface area contributed by atoms with Crippen LogP contribution in [0, 0.1) is 0 Å². The van der Waals surface area contributed by atoms with Gasteiger partial charge in [0.2, 0.25) is 0 Å². The molecule has 0 aliphatic carbocycles. The molecule has 6 nitrogen and oxygen atoms in total. The average molecular weight is 796 g/mol. The first-order chi connectivity index (χ1) is 30.7. The van der Waals surface area contributed by atoms with Crippen LogP contribution < -0.4 is 4.90 Å².